The lowest BCUT2D eigenvalue weighted by Gasteiger charge is -2.29. The molecule has 3 aromatic rings. The summed E-state index contributed by atoms with van der Waals surface area (Å²) in [6.45, 7) is 3.19. The van der Waals surface area contributed by atoms with Gasteiger partial charge in [-0.2, -0.15) is 0 Å². The van der Waals surface area contributed by atoms with E-state index in [0.717, 1.165) is 24.6 Å². The maximum Gasteiger partial charge on any atom is 0.419 e. The van der Waals surface area contributed by atoms with E-state index in [9.17, 15) is 9.59 Å². The number of nitrogens with zero attached hydrogens (tertiary/aromatic N) is 6. The quantitative estimate of drug-likeness (QED) is 0.662. The highest BCUT2D eigenvalue weighted by molar-refractivity contribution is 5.77. The number of aryl methyl sites for hydroxylation is 1. The molecule has 0 unspecified atom stereocenters. The number of oxazole rings is 1. The third kappa shape index (κ3) is 3.15. The Bertz CT molecular complexity index is 1110. The smallest absolute Gasteiger partial charge is 0.408 e. The minimum atomic E-state index is -0.428. The Labute approximate surface area is 167 Å². The predicted octanol–water partition coefficient (Wildman–Crippen LogP) is 1.39. The first kappa shape index (κ1) is 18.1. The van der Waals surface area contributed by atoms with Gasteiger partial charge in [0, 0.05) is 26.1 Å². The van der Waals surface area contributed by atoms with Crippen LogP contribution in [0.3, 0.4) is 0 Å². The molecule has 5 rings (SSSR count). The second-order valence-corrected chi connectivity index (χ2v) is 7.82. The average molecular weight is 396 g/mol. The number of aromatic nitrogens is 4. The van der Waals surface area contributed by atoms with E-state index >= 15 is 0 Å². The second kappa shape index (κ2) is 7.14. The van der Waals surface area contributed by atoms with Crippen LogP contribution in [0.2, 0.25) is 0 Å². The van der Waals surface area contributed by atoms with Crippen molar-refractivity contribution in [3.63, 3.8) is 0 Å². The number of likely N-dealkylation sites (tertiary alicyclic amines) is 1. The number of benzene rings is 1. The van der Waals surface area contributed by atoms with E-state index in [1.165, 1.54) is 11.0 Å². The van der Waals surface area contributed by atoms with Crippen molar-refractivity contribution in [2.75, 3.05) is 20.1 Å². The molecule has 1 fully saturated rings. The van der Waals surface area contributed by atoms with Crippen molar-refractivity contribution in [1.82, 2.24) is 29.1 Å². The summed E-state index contributed by atoms with van der Waals surface area (Å²) in [6, 6.07) is 7.58. The zero-order chi connectivity index (χ0) is 20.0. The molecule has 0 spiro atoms. The summed E-state index contributed by atoms with van der Waals surface area (Å²) in [4.78, 5) is 29.0. The molecule has 1 amide bonds. The third-order valence-electron chi connectivity index (χ3n) is 6.08. The van der Waals surface area contributed by atoms with Gasteiger partial charge in [0.2, 0.25) is 5.91 Å². The lowest BCUT2D eigenvalue weighted by Crippen LogP contribution is -2.39. The third-order valence-corrected chi connectivity index (χ3v) is 6.08. The molecule has 152 valence electrons. The van der Waals surface area contributed by atoms with Crippen LogP contribution in [0.1, 0.15) is 37.0 Å². The Hall–Kier alpha value is -2.94. The van der Waals surface area contributed by atoms with Crippen LogP contribution in [0.4, 0.5) is 0 Å². The largest absolute Gasteiger partial charge is 0.419 e. The lowest BCUT2D eigenvalue weighted by molar-refractivity contribution is -0.133. The first-order chi connectivity index (χ1) is 14.1. The van der Waals surface area contributed by atoms with Gasteiger partial charge in [0.05, 0.1) is 18.1 Å². The van der Waals surface area contributed by atoms with Gasteiger partial charge in [0.15, 0.2) is 17.2 Å². The maximum atomic E-state index is 12.8. The molecule has 9 nitrogen and oxygen atoms in total. The van der Waals surface area contributed by atoms with E-state index in [-0.39, 0.29) is 12.3 Å². The average Bonchev–Trinajstić information content (AvgIpc) is 3.41. The summed E-state index contributed by atoms with van der Waals surface area (Å²) in [6.07, 6.45) is 2.52. The first-order valence-corrected chi connectivity index (χ1v) is 10.1. The van der Waals surface area contributed by atoms with Crippen LogP contribution in [-0.4, -0.2) is 55.2 Å². The summed E-state index contributed by atoms with van der Waals surface area (Å²) in [7, 11) is 2.12. The van der Waals surface area contributed by atoms with E-state index < -0.39 is 5.76 Å². The fourth-order valence-electron chi connectivity index (χ4n) is 4.47. The van der Waals surface area contributed by atoms with Crippen molar-refractivity contribution in [2.45, 2.75) is 44.9 Å². The standard InChI is InChI=1S/C20H24N6O3/c1-23-9-4-6-15(23)19-22-21-17-13-24(11-12-26(17)19)18(27)8-10-25-14-5-2-3-7-16(14)29-20(25)28/h2-3,5,7,15H,4,6,8-13H2,1H3/t15-/m1/s1. The molecule has 9 heteroatoms. The Kier molecular flexibility index (Phi) is 4.46. The number of para-hydroxylation sites is 2. The van der Waals surface area contributed by atoms with Gasteiger partial charge < -0.3 is 13.9 Å². The molecule has 0 aliphatic carbocycles. The molecule has 2 aromatic heterocycles. The summed E-state index contributed by atoms with van der Waals surface area (Å²) in [5.74, 6) is 1.44. The summed E-state index contributed by atoms with van der Waals surface area (Å²) in [5.41, 5.74) is 1.26. The van der Waals surface area contributed by atoms with Crippen LogP contribution in [0, 0.1) is 0 Å². The highest BCUT2D eigenvalue weighted by Crippen LogP contribution is 2.30. The van der Waals surface area contributed by atoms with Crippen LogP contribution < -0.4 is 5.76 Å². The molecule has 0 N–H and O–H groups in total. The minimum Gasteiger partial charge on any atom is -0.408 e. The number of fused-ring (bicyclic) bond motifs is 2. The van der Waals surface area contributed by atoms with E-state index in [2.05, 4.69) is 26.7 Å². The van der Waals surface area contributed by atoms with E-state index in [1.54, 1.807) is 11.0 Å². The zero-order valence-corrected chi connectivity index (χ0v) is 16.5. The highest BCUT2D eigenvalue weighted by atomic mass is 16.4. The lowest BCUT2D eigenvalue weighted by atomic mass is 10.2. The monoisotopic (exact) mass is 396 g/mol. The van der Waals surface area contributed by atoms with Crippen LogP contribution in [0.15, 0.2) is 33.5 Å². The number of hydrogen-bond donors (Lipinski definition) is 0. The van der Waals surface area contributed by atoms with Gasteiger partial charge in [-0.25, -0.2) is 4.79 Å². The van der Waals surface area contributed by atoms with E-state index in [1.807, 2.05) is 18.2 Å². The van der Waals surface area contributed by atoms with Crippen molar-refractivity contribution in [3.05, 3.63) is 46.5 Å². The summed E-state index contributed by atoms with van der Waals surface area (Å²) >= 11 is 0. The first-order valence-electron chi connectivity index (χ1n) is 10.1. The zero-order valence-electron chi connectivity index (χ0n) is 16.5. The molecular formula is C20H24N6O3. The Morgan fingerprint density at radius 3 is 2.90 bits per heavy atom. The molecule has 0 bridgehead atoms. The van der Waals surface area contributed by atoms with Gasteiger partial charge in [0.1, 0.15) is 0 Å². The van der Waals surface area contributed by atoms with Gasteiger partial charge in [-0.3, -0.25) is 14.3 Å². The second-order valence-electron chi connectivity index (χ2n) is 7.82. The van der Waals surface area contributed by atoms with Gasteiger partial charge in [-0.15, -0.1) is 10.2 Å². The van der Waals surface area contributed by atoms with Crippen molar-refractivity contribution >= 4 is 17.0 Å². The normalized spacial score (nSPS) is 19.8. The molecule has 0 radical (unpaired) electrons. The number of carbonyl (C=O) groups excluding carboxylic acids is 1. The highest BCUT2D eigenvalue weighted by Gasteiger charge is 2.31. The van der Waals surface area contributed by atoms with E-state index in [0.29, 0.717) is 43.3 Å². The Balaban J connectivity index is 1.27. The maximum absolute atomic E-state index is 12.8. The molecule has 1 atom stereocenters. The van der Waals surface area contributed by atoms with Crippen LogP contribution >= 0.6 is 0 Å². The van der Waals surface area contributed by atoms with E-state index in [4.69, 9.17) is 4.42 Å². The molecule has 1 saturated heterocycles. The Morgan fingerprint density at radius 2 is 2.07 bits per heavy atom. The minimum absolute atomic E-state index is 0.0102. The molecule has 4 heterocycles. The van der Waals surface area contributed by atoms with Crippen LogP contribution in [-0.2, 0) is 24.4 Å². The number of carbonyl (C=O) groups is 1. The van der Waals surface area contributed by atoms with Gasteiger partial charge >= 0.3 is 5.76 Å². The van der Waals surface area contributed by atoms with Crippen LogP contribution in [0.5, 0.6) is 0 Å². The topological polar surface area (TPSA) is 89.4 Å². The molecule has 2 aliphatic rings. The van der Waals surface area contributed by atoms with Crippen molar-refractivity contribution in [1.29, 1.82) is 0 Å². The number of hydrogen-bond acceptors (Lipinski definition) is 6. The fourth-order valence-corrected chi connectivity index (χ4v) is 4.47. The fraction of sp³-hybridized carbons (Fsp3) is 0.500. The van der Waals surface area contributed by atoms with Gasteiger partial charge in [-0.05, 0) is 38.6 Å². The molecule has 1 aromatic carbocycles. The Morgan fingerprint density at radius 1 is 1.21 bits per heavy atom. The van der Waals surface area contributed by atoms with Crippen molar-refractivity contribution in [2.24, 2.45) is 0 Å². The predicted molar refractivity (Wildman–Crippen MR) is 105 cm³/mol. The molecular weight excluding hydrogens is 372 g/mol. The van der Waals surface area contributed by atoms with Gasteiger partial charge in [0.25, 0.3) is 0 Å². The molecule has 0 saturated carbocycles. The van der Waals surface area contributed by atoms with Crippen molar-refractivity contribution in [3.8, 4) is 0 Å². The van der Waals surface area contributed by atoms with Crippen LogP contribution in [0.25, 0.3) is 11.1 Å². The van der Waals surface area contributed by atoms with Crippen molar-refractivity contribution < 1.29 is 9.21 Å². The molecule has 2 aliphatic heterocycles. The van der Waals surface area contributed by atoms with Gasteiger partial charge in [-0.1, -0.05) is 12.1 Å². The summed E-state index contributed by atoms with van der Waals surface area (Å²) < 4.78 is 8.93. The SMILES string of the molecule is CN1CCC[C@@H]1c1nnc2n1CCN(C(=O)CCn1c(=O)oc3ccccc31)C2. The molecule has 29 heavy (non-hydrogen) atoms. The summed E-state index contributed by atoms with van der Waals surface area (Å²) in [5, 5.41) is 8.79. The number of rotatable bonds is 4. The number of amides is 1.